The number of carboxylic acids is 1. The molecule has 0 heterocycles. The first kappa shape index (κ1) is 20.3. The van der Waals surface area contributed by atoms with Crippen molar-refractivity contribution < 1.29 is 19.4 Å². The molecule has 4 rings (SSSR count). The van der Waals surface area contributed by atoms with E-state index in [9.17, 15) is 14.7 Å². The average molecular weight is 412 g/mol. The van der Waals surface area contributed by atoms with E-state index in [-0.39, 0.29) is 18.9 Å². The van der Waals surface area contributed by atoms with Crippen molar-refractivity contribution in [3.05, 3.63) is 95.1 Å². The van der Waals surface area contributed by atoms with E-state index in [2.05, 4.69) is 0 Å². The Morgan fingerprint density at radius 3 is 2.19 bits per heavy atom. The van der Waals surface area contributed by atoms with Crippen LogP contribution in [0.2, 0.25) is 0 Å². The summed E-state index contributed by atoms with van der Waals surface area (Å²) in [5.74, 6) is -2.69. The molecule has 31 heavy (non-hydrogen) atoms. The topological polar surface area (TPSA) is 113 Å². The number of rotatable bonds is 6. The molecule has 0 amide bonds. The normalized spacial score (nSPS) is 14.1. The number of aliphatic carboxylic acids is 1. The van der Waals surface area contributed by atoms with E-state index in [0.717, 1.165) is 22.3 Å². The summed E-state index contributed by atoms with van der Waals surface area (Å²) in [6.45, 7) is -0.0165. The fourth-order valence-electron chi connectivity index (χ4n) is 4.04. The minimum Gasteiger partial charge on any atom is -0.479 e. The molecule has 154 valence electrons. The van der Waals surface area contributed by atoms with E-state index in [1.54, 1.807) is 18.2 Å². The van der Waals surface area contributed by atoms with Gasteiger partial charge in [-0.05, 0) is 39.9 Å². The molecule has 3 aromatic rings. The maximum absolute atomic E-state index is 12.9. The summed E-state index contributed by atoms with van der Waals surface area (Å²) in [4.78, 5) is 24.8. The Balaban J connectivity index is 1.56. The Morgan fingerprint density at radius 2 is 1.61 bits per heavy atom. The molecule has 3 N–H and O–H groups in total. The van der Waals surface area contributed by atoms with Crippen LogP contribution in [-0.2, 0) is 20.7 Å². The fourth-order valence-corrected chi connectivity index (χ4v) is 4.04. The lowest BCUT2D eigenvalue weighted by molar-refractivity contribution is -0.161. The van der Waals surface area contributed by atoms with Gasteiger partial charge in [0.1, 0.15) is 6.61 Å². The monoisotopic (exact) mass is 412 g/mol. The van der Waals surface area contributed by atoms with E-state index < -0.39 is 17.5 Å². The quantitative estimate of drug-likeness (QED) is 0.475. The predicted octanol–water partition coefficient (Wildman–Crippen LogP) is 3.24. The molecule has 0 aromatic heterocycles. The Kier molecular flexibility index (Phi) is 5.28. The smallest absolute Gasteiger partial charge is 0.338 e. The molecule has 0 fully saturated rings. The van der Waals surface area contributed by atoms with E-state index in [4.69, 9.17) is 15.7 Å². The lowest BCUT2D eigenvalue weighted by atomic mass is 9.91. The predicted molar refractivity (Wildman–Crippen MR) is 114 cm³/mol. The Hall–Kier alpha value is -3.95. The third-order valence-corrected chi connectivity index (χ3v) is 5.63. The maximum Gasteiger partial charge on any atom is 0.338 e. The average Bonchev–Trinajstić information content (AvgIpc) is 3.11. The molecular formula is C25H20N2O4. The van der Waals surface area contributed by atoms with Crippen LogP contribution in [0.4, 0.5) is 0 Å². The molecule has 6 heteroatoms. The molecule has 0 aliphatic heterocycles. The number of hydrogen-bond acceptors (Lipinski definition) is 5. The Bertz CT molecular complexity index is 1170. The Morgan fingerprint density at radius 1 is 1.00 bits per heavy atom. The number of esters is 1. The maximum atomic E-state index is 12.9. The van der Waals surface area contributed by atoms with Crippen LogP contribution in [0.15, 0.2) is 72.8 Å². The van der Waals surface area contributed by atoms with Gasteiger partial charge in [0.05, 0.1) is 11.6 Å². The van der Waals surface area contributed by atoms with Crippen LogP contribution in [0, 0.1) is 11.3 Å². The van der Waals surface area contributed by atoms with Gasteiger partial charge in [0.15, 0.2) is 0 Å². The highest BCUT2D eigenvalue weighted by Gasteiger charge is 2.45. The number of ether oxygens (including phenoxy) is 1. The zero-order valence-corrected chi connectivity index (χ0v) is 16.6. The standard InChI is InChI=1S/C25H20N2O4/c26-14-17-7-5-6-16(12-17)13-25(27,23(28)29)24(30)31-15-22-20-10-3-1-8-18(20)19-9-2-4-11-21(19)22/h1-12,22H,13,15,27H2,(H,28,29). The molecule has 0 saturated carbocycles. The second kappa shape index (κ2) is 8.05. The molecule has 6 nitrogen and oxygen atoms in total. The lowest BCUT2D eigenvalue weighted by Crippen LogP contribution is -2.57. The van der Waals surface area contributed by atoms with Crippen LogP contribution in [-0.4, -0.2) is 29.2 Å². The molecule has 1 aliphatic carbocycles. The minimum atomic E-state index is -2.26. The molecule has 0 radical (unpaired) electrons. The van der Waals surface area contributed by atoms with Gasteiger partial charge >= 0.3 is 11.9 Å². The highest BCUT2D eigenvalue weighted by molar-refractivity contribution is 6.04. The summed E-state index contributed by atoms with van der Waals surface area (Å²) in [7, 11) is 0. The van der Waals surface area contributed by atoms with E-state index in [1.807, 2.05) is 54.6 Å². The second-order valence-corrected chi connectivity index (χ2v) is 7.59. The van der Waals surface area contributed by atoms with Crippen molar-refractivity contribution in [2.75, 3.05) is 6.61 Å². The van der Waals surface area contributed by atoms with Crippen molar-refractivity contribution in [3.63, 3.8) is 0 Å². The fraction of sp³-hybridized carbons (Fsp3) is 0.160. The van der Waals surface area contributed by atoms with Crippen LogP contribution in [0.5, 0.6) is 0 Å². The van der Waals surface area contributed by atoms with E-state index in [0.29, 0.717) is 11.1 Å². The number of nitrogens with zero attached hydrogens (tertiary/aromatic N) is 1. The van der Waals surface area contributed by atoms with Gasteiger partial charge in [0.2, 0.25) is 5.54 Å². The van der Waals surface area contributed by atoms with E-state index in [1.165, 1.54) is 6.07 Å². The lowest BCUT2D eigenvalue weighted by Gasteiger charge is -2.24. The number of benzene rings is 3. The molecule has 0 bridgehead atoms. The minimum absolute atomic E-state index is 0.0165. The third kappa shape index (κ3) is 3.67. The summed E-state index contributed by atoms with van der Waals surface area (Å²) >= 11 is 0. The number of carboxylic acid groups (broad SMARTS) is 1. The molecule has 1 atom stereocenters. The summed E-state index contributed by atoms with van der Waals surface area (Å²) < 4.78 is 5.49. The highest BCUT2D eigenvalue weighted by Crippen LogP contribution is 2.44. The van der Waals surface area contributed by atoms with Gasteiger partial charge < -0.3 is 15.6 Å². The van der Waals surface area contributed by atoms with Crippen molar-refractivity contribution in [3.8, 4) is 17.2 Å². The first-order chi connectivity index (χ1) is 14.9. The van der Waals surface area contributed by atoms with Gasteiger partial charge in [-0.25, -0.2) is 9.59 Å². The van der Waals surface area contributed by atoms with Crippen molar-refractivity contribution in [2.24, 2.45) is 5.73 Å². The molecule has 1 aliphatic rings. The number of carbonyl (C=O) groups is 2. The largest absolute Gasteiger partial charge is 0.479 e. The van der Waals surface area contributed by atoms with Crippen molar-refractivity contribution in [1.82, 2.24) is 0 Å². The van der Waals surface area contributed by atoms with Gasteiger partial charge in [-0.15, -0.1) is 0 Å². The SMILES string of the molecule is N#Cc1cccc(CC(N)(C(=O)O)C(=O)OCC2c3ccccc3-c3ccccc32)c1. The van der Waals surface area contributed by atoms with Crippen molar-refractivity contribution in [2.45, 2.75) is 17.9 Å². The number of nitriles is 1. The van der Waals surface area contributed by atoms with Crippen LogP contribution in [0.3, 0.4) is 0 Å². The summed E-state index contributed by atoms with van der Waals surface area (Å²) in [6, 6.07) is 24.1. The van der Waals surface area contributed by atoms with Crippen LogP contribution >= 0.6 is 0 Å². The van der Waals surface area contributed by atoms with Gasteiger partial charge in [-0.1, -0.05) is 60.7 Å². The number of carbonyl (C=O) groups excluding carboxylic acids is 1. The van der Waals surface area contributed by atoms with Gasteiger partial charge in [0, 0.05) is 12.3 Å². The first-order valence-corrected chi connectivity index (χ1v) is 9.81. The number of nitrogens with two attached hydrogens (primary N) is 1. The van der Waals surface area contributed by atoms with Crippen molar-refractivity contribution in [1.29, 1.82) is 5.26 Å². The number of fused-ring (bicyclic) bond motifs is 3. The second-order valence-electron chi connectivity index (χ2n) is 7.59. The molecule has 0 spiro atoms. The molecule has 3 aromatic carbocycles. The summed E-state index contributed by atoms with van der Waals surface area (Å²) in [6.07, 6.45) is -0.283. The van der Waals surface area contributed by atoms with Crippen LogP contribution in [0.1, 0.15) is 28.2 Å². The van der Waals surface area contributed by atoms with Crippen molar-refractivity contribution >= 4 is 11.9 Å². The molecule has 0 saturated heterocycles. The van der Waals surface area contributed by atoms with E-state index >= 15 is 0 Å². The first-order valence-electron chi connectivity index (χ1n) is 9.81. The van der Waals surface area contributed by atoms with Gasteiger partial charge in [0.25, 0.3) is 0 Å². The highest BCUT2D eigenvalue weighted by atomic mass is 16.5. The molecular weight excluding hydrogens is 392 g/mol. The summed E-state index contributed by atoms with van der Waals surface area (Å²) in [5.41, 5.74) is 8.79. The zero-order chi connectivity index (χ0) is 22.0. The van der Waals surface area contributed by atoms with Gasteiger partial charge in [-0.3, -0.25) is 0 Å². The van der Waals surface area contributed by atoms with Crippen LogP contribution in [0.25, 0.3) is 11.1 Å². The van der Waals surface area contributed by atoms with Gasteiger partial charge in [-0.2, -0.15) is 5.26 Å². The number of hydrogen-bond donors (Lipinski definition) is 2. The zero-order valence-electron chi connectivity index (χ0n) is 16.6. The third-order valence-electron chi connectivity index (χ3n) is 5.63. The Labute approximate surface area is 179 Å². The summed E-state index contributed by atoms with van der Waals surface area (Å²) in [5, 5.41) is 18.8. The van der Waals surface area contributed by atoms with Crippen LogP contribution < -0.4 is 5.73 Å². The molecule has 1 unspecified atom stereocenters.